The Balaban J connectivity index is 1.91. The summed E-state index contributed by atoms with van der Waals surface area (Å²) in [4.78, 5) is 14.4. The average Bonchev–Trinajstić information content (AvgIpc) is 2.65. The van der Waals surface area contributed by atoms with Crippen molar-refractivity contribution in [3.8, 4) is 0 Å². The first kappa shape index (κ1) is 22.0. The second-order valence-corrected chi connectivity index (χ2v) is 8.93. The van der Waals surface area contributed by atoms with Gasteiger partial charge in [0.2, 0.25) is 15.9 Å². The van der Waals surface area contributed by atoms with E-state index in [1.165, 1.54) is 0 Å². The minimum absolute atomic E-state index is 0.283. The van der Waals surface area contributed by atoms with Crippen molar-refractivity contribution in [3.63, 3.8) is 0 Å². The first-order valence-corrected chi connectivity index (χ1v) is 11.2. The monoisotopic (exact) mass is 423 g/mol. The minimum atomic E-state index is -3.63. The van der Waals surface area contributed by atoms with Crippen molar-refractivity contribution in [3.05, 3.63) is 59.1 Å². The molecule has 0 saturated heterocycles. The molecule has 0 radical (unpaired) electrons. The highest BCUT2D eigenvalue weighted by Gasteiger charge is 2.22. The predicted octanol–water partition coefficient (Wildman–Crippen LogP) is 3.06. The molecule has 0 unspecified atom stereocenters. The fourth-order valence-electron chi connectivity index (χ4n) is 2.79. The number of para-hydroxylation sites is 1. The fourth-order valence-corrected chi connectivity index (χ4v) is 3.87. The van der Waals surface area contributed by atoms with Crippen LogP contribution in [0.2, 0.25) is 5.02 Å². The Morgan fingerprint density at radius 3 is 2.43 bits per heavy atom. The Morgan fingerprint density at radius 1 is 1.11 bits per heavy atom. The van der Waals surface area contributed by atoms with Crippen molar-refractivity contribution in [2.24, 2.45) is 0 Å². The van der Waals surface area contributed by atoms with Crippen LogP contribution in [-0.4, -0.2) is 47.3 Å². The van der Waals surface area contributed by atoms with E-state index in [-0.39, 0.29) is 12.5 Å². The third-order valence-corrected chi connectivity index (χ3v) is 5.92. The lowest BCUT2D eigenvalue weighted by Gasteiger charge is -2.24. The Morgan fingerprint density at radius 2 is 1.79 bits per heavy atom. The van der Waals surface area contributed by atoms with E-state index in [0.29, 0.717) is 22.8 Å². The van der Waals surface area contributed by atoms with Crippen molar-refractivity contribution >= 4 is 38.9 Å². The SMILES string of the molecule is Cc1c(Cl)cccc1N(CC(=O)NCCCN(C)c1ccccc1)S(C)(=O)=O. The summed E-state index contributed by atoms with van der Waals surface area (Å²) in [6, 6.07) is 15.0. The quantitative estimate of drug-likeness (QED) is 0.629. The predicted molar refractivity (Wildman–Crippen MR) is 116 cm³/mol. The maximum atomic E-state index is 12.3. The topological polar surface area (TPSA) is 69.7 Å². The molecule has 0 aliphatic rings. The summed E-state index contributed by atoms with van der Waals surface area (Å²) in [6.07, 6.45) is 1.82. The lowest BCUT2D eigenvalue weighted by atomic mass is 10.2. The van der Waals surface area contributed by atoms with Crippen molar-refractivity contribution in [2.75, 3.05) is 42.1 Å². The molecule has 1 N–H and O–H groups in total. The van der Waals surface area contributed by atoms with E-state index in [9.17, 15) is 13.2 Å². The van der Waals surface area contributed by atoms with Crippen LogP contribution in [0.5, 0.6) is 0 Å². The number of hydrogen-bond acceptors (Lipinski definition) is 4. The molecular formula is C20H26ClN3O3S. The molecular weight excluding hydrogens is 398 g/mol. The molecule has 28 heavy (non-hydrogen) atoms. The zero-order valence-corrected chi connectivity index (χ0v) is 17.9. The van der Waals surface area contributed by atoms with E-state index >= 15 is 0 Å². The highest BCUT2D eigenvalue weighted by Crippen LogP contribution is 2.27. The van der Waals surface area contributed by atoms with Gasteiger partial charge >= 0.3 is 0 Å². The van der Waals surface area contributed by atoms with Gasteiger partial charge < -0.3 is 10.2 Å². The van der Waals surface area contributed by atoms with Crippen LogP contribution < -0.4 is 14.5 Å². The first-order chi connectivity index (χ1) is 13.2. The van der Waals surface area contributed by atoms with Gasteiger partial charge in [0.25, 0.3) is 0 Å². The molecule has 0 aromatic heterocycles. The molecule has 2 aromatic carbocycles. The van der Waals surface area contributed by atoms with Crippen molar-refractivity contribution in [2.45, 2.75) is 13.3 Å². The van der Waals surface area contributed by atoms with Crippen LogP contribution in [0.15, 0.2) is 48.5 Å². The Bertz CT molecular complexity index is 904. The standard InChI is InChI=1S/C20H26ClN3O3S/c1-16-18(21)11-7-12-19(16)24(28(3,26)27)15-20(25)22-13-8-14-23(2)17-9-5-4-6-10-17/h4-7,9-12H,8,13-15H2,1-3H3,(H,22,25). The normalized spacial score (nSPS) is 11.1. The van der Waals surface area contributed by atoms with Crippen LogP contribution in [-0.2, 0) is 14.8 Å². The Kier molecular flexibility index (Phi) is 7.71. The van der Waals surface area contributed by atoms with E-state index < -0.39 is 10.0 Å². The summed E-state index contributed by atoms with van der Waals surface area (Å²) >= 11 is 6.10. The maximum Gasteiger partial charge on any atom is 0.240 e. The summed E-state index contributed by atoms with van der Waals surface area (Å²) < 4.78 is 25.5. The third kappa shape index (κ3) is 6.14. The van der Waals surface area contributed by atoms with Gasteiger partial charge in [0.1, 0.15) is 6.54 Å². The molecule has 6 nitrogen and oxygen atoms in total. The number of anilines is 2. The fraction of sp³-hybridized carbons (Fsp3) is 0.350. The van der Waals surface area contributed by atoms with Gasteiger partial charge in [0, 0.05) is 30.8 Å². The number of nitrogens with one attached hydrogen (secondary N) is 1. The largest absolute Gasteiger partial charge is 0.375 e. The highest BCUT2D eigenvalue weighted by atomic mass is 35.5. The number of nitrogens with zero attached hydrogens (tertiary/aromatic N) is 2. The molecule has 2 aromatic rings. The summed E-state index contributed by atoms with van der Waals surface area (Å²) in [5.74, 6) is -0.354. The number of halogens is 1. The second-order valence-electron chi connectivity index (χ2n) is 6.61. The summed E-state index contributed by atoms with van der Waals surface area (Å²) in [6.45, 7) is 2.68. The number of carbonyl (C=O) groups is 1. The van der Waals surface area contributed by atoms with E-state index in [0.717, 1.165) is 29.2 Å². The number of rotatable bonds is 9. The number of benzene rings is 2. The molecule has 0 atom stereocenters. The number of amides is 1. The van der Waals surface area contributed by atoms with Gasteiger partial charge in [-0.1, -0.05) is 35.9 Å². The van der Waals surface area contributed by atoms with Crippen LogP contribution in [0, 0.1) is 6.92 Å². The van der Waals surface area contributed by atoms with Gasteiger partial charge in [-0.25, -0.2) is 8.42 Å². The van der Waals surface area contributed by atoms with Gasteiger partial charge in [-0.15, -0.1) is 0 Å². The molecule has 1 amide bonds. The Hall–Kier alpha value is -2.25. The molecule has 0 aliphatic carbocycles. The highest BCUT2D eigenvalue weighted by molar-refractivity contribution is 7.92. The van der Waals surface area contributed by atoms with Crippen LogP contribution >= 0.6 is 11.6 Å². The summed E-state index contributed by atoms with van der Waals surface area (Å²) in [5.41, 5.74) is 2.13. The Labute approximate surface area is 172 Å². The van der Waals surface area contributed by atoms with Gasteiger partial charge in [-0.05, 0) is 43.2 Å². The van der Waals surface area contributed by atoms with E-state index in [2.05, 4.69) is 10.2 Å². The smallest absolute Gasteiger partial charge is 0.240 e. The second kappa shape index (κ2) is 9.80. The molecule has 0 saturated carbocycles. The van der Waals surface area contributed by atoms with E-state index in [1.54, 1.807) is 25.1 Å². The lowest BCUT2D eigenvalue weighted by Crippen LogP contribution is -2.41. The van der Waals surface area contributed by atoms with Crippen molar-refractivity contribution < 1.29 is 13.2 Å². The lowest BCUT2D eigenvalue weighted by molar-refractivity contribution is -0.119. The zero-order chi connectivity index (χ0) is 20.7. The van der Waals surface area contributed by atoms with Crippen LogP contribution in [0.1, 0.15) is 12.0 Å². The van der Waals surface area contributed by atoms with Crippen LogP contribution in [0.3, 0.4) is 0 Å². The first-order valence-electron chi connectivity index (χ1n) is 8.96. The zero-order valence-electron chi connectivity index (χ0n) is 16.4. The molecule has 0 bridgehead atoms. The number of hydrogen-bond donors (Lipinski definition) is 1. The summed E-state index contributed by atoms with van der Waals surface area (Å²) in [5, 5.41) is 3.25. The minimum Gasteiger partial charge on any atom is -0.375 e. The van der Waals surface area contributed by atoms with Crippen molar-refractivity contribution in [1.82, 2.24) is 5.32 Å². The van der Waals surface area contributed by atoms with E-state index in [4.69, 9.17) is 11.6 Å². The van der Waals surface area contributed by atoms with Gasteiger partial charge in [-0.3, -0.25) is 9.10 Å². The molecule has 0 heterocycles. The molecule has 8 heteroatoms. The van der Waals surface area contributed by atoms with Crippen LogP contribution in [0.4, 0.5) is 11.4 Å². The maximum absolute atomic E-state index is 12.3. The third-order valence-electron chi connectivity index (χ3n) is 4.38. The van der Waals surface area contributed by atoms with Gasteiger partial charge in [0.05, 0.1) is 11.9 Å². The van der Waals surface area contributed by atoms with Crippen molar-refractivity contribution in [1.29, 1.82) is 0 Å². The molecule has 152 valence electrons. The van der Waals surface area contributed by atoms with E-state index in [1.807, 2.05) is 37.4 Å². The number of carbonyl (C=O) groups excluding carboxylic acids is 1. The van der Waals surface area contributed by atoms with Gasteiger partial charge in [-0.2, -0.15) is 0 Å². The van der Waals surface area contributed by atoms with Crippen LogP contribution in [0.25, 0.3) is 0 Å². The summed E-state index contributed by atoms with van der Waals surface area (Å²) in [7, 11) is -1.64. The molecule has 0 fully saturated rings. The van der Waals surface area contributed by atoms with Gasteiger partial charge in [0.15, 0.2) is 0 Å². The molecule has 0 aliphatic heterocycles. The molecule has 0 spiro atoms. The average molecular weight is 424 g/mol. The number of sulfonamides is 1. The molecule has 2 rings (SSSR count).